The van der Waals surface area contributed by atoms with Gasteiger partial charge >= 0.3 is 0 Å². The van der Waals surface area contributed by atoms with Crippen LogP contribution in [0.4, 0.5) is 10.1 Å². The second kappa shape index (κ2) is 4.47. The van der Waals surface area contributed by atoms with Crippen LogP contribution in [0.3, 0.4) is 0 Å². The van der Waals surface area contributed by atoms with Gasteiger partial charge in [0.1, 0.15) is 5.82 Å². The summed E-state index contributed by atoms with van der Waals surface area (Å²) in [6.07, 6.45) is 4.83. The number of nitrogens with one attached hydrogen (secondary N) is 1. The Bertz CT molecular complexity index is 451. The lowest BCUT2D eigenvalue weighted by Crippen LogP contribution is -2.14. The summed E-state index contributed by atoms with van der Waals surface area (Å²) in [4.78, 5) is 11.8. The van der Waals surface area contributed by atoms with Gasteiger partial charge in [0.2, 0.25) is 0 Å². The second-order valence-corrected chi connectivity index (χ2v) is 4.03. The van der Waals surface area contributed by atoms with Crippen LogP contribution in [0.1, 0.15) is 24.8 Å². The largest absolute Gasteiger partial charge is 0.322 e. The summed E-state index contributed by atoms with van der Waals surface area (Å²) in [5, 5.41) is 2.81. The molecule has 2 rings (SSSR count). The number of allylic oxidation sites excluding steroid dienone is 1. The lowest BCUT2D eigenvalue weighted by molar-refractivity contribution is -0.112. The highest BCUT2D eigenvalue weighted by molar-refractivity contribution is 6.04. The Morgan fingerprint density at radius 3 is 2.88 bits per heavy atom. The number of amides is 1. The zero-order valence-corrected chi connectivity index (χ0v) is 9.22. The quantitative estimate of drug-likeness (QED) is 0.813. The standard InChI is InChI=1S/C13H14FNO/c1-9-8-11(14)6-7-12(9)15-13(16)10-4-2-3-5-10/h4,6-8H,2-3,5H2,1H3,(H,15,16). The molecule has 0 aromatic heterocycles. The van der Waals surface area contributed by atoms with Crippen LogP contribution in [0.5, 0.6) is 0 Å². The molecular formula is C13H14FNO. The van der Waals surface area contributed by atoms with Crippen molar-refractivity contribution in [3.8, 4) is 0 Å². The molecule has 1 N–H and O–H groups in total. The highest BCUT2D eigenvalue weighted by atomic mass is 19.1. The SMILES string of the molecule is Cc1cc(F)ccc1NC(=O)C1=CCCC1. The number of aryl methyl sites for hydroxylation is 1. The number of halogens is 1. The molecule has 0 saturated carbocycles. The minimum Gasteiger partial charge on any atom is -0.322 e. The Labute approximate surface area is 94.2 Å². The van der Waals surface area contributed by atoms with Crippen molar-refractivity contribution in [2.24, 2.45) is 0 Å². The van der Waals surface area contributed by atoms with Crippen LogP contribution in [0, 0.1) is 12.7 Å². The van der Waals surface area contributed by atoms with E-state index in [4.69, 9.17) is 0 Å². The Hall–Kier alpha value is -1.64. The molecule has 1 amide bonds. The van der Waals surface area contributed by atoms with E-state index in [0.29, 0.717) is 5.69 Å². The van der Waals surface area contributed by atoms with E-state index in [9.17, 15) is 9.18 Å². The molecular weight excluding hydrogens is 205 g/mol. The average Bonchev–Trinajstić information content (AvgIpc) is 2.75. The topological polar surface area (TPSA) is 29.1 Å². The van der Waals surface area contributed by atoms with Crippen LogP contribution in [0.25, 0.3) is 0 Å². The molecule has 0 aliphatic heterocycles. The Balaban J connectivity index is 2.11. The molecule has 0 saturated heterocycles. The lowest BCUT2D eigenvalue weighted by Gasteiger charge is -2.08. The molecule has 0 heterocycles. The average molecular weight is 219 g/mol. The highest BCUT2D eigenvalue weighted by Gasteiger charge is 2.13. The van der Waals surface area contributed by atoms with Crippen LogP contribution in [0.15, 0.2) is 29.8 Å². The number of carbonyl (C=O) groups excluding carboxylic acids is 1. The van der Waals surface area contributed by atoms with Crippen LogP contribution >= 0.6 is 0 Å². The third-order valence-electron chi connectivity index (χ3n) is 2.77. The van der Waals surface area contributed by atoms with E-state index in [0.717, 1.165) is 30.4 Å². The fraction of sp³-hybridized carbons (Fsp3) is 0.308. The molecule has 0 radical (unpaired) electrons. The van der Waals surface area contributed by atoms with Gasteiger partial charge in [-0.1, -0.05) is 6.08 Å². The van der Waals surface area contributed by atoms with Gasteiger partial charge in [-0.05, 0) is 49.9 Å². The van der Waals surface area contributed by atoms with Crippen molar-refractivity contribution < 1.29 is 9.18 Å². The first-order valence-corrected chi connectivity index (χ1v) is 5.43. The fourth-order valence-electron chi connectivity index (χ4n) is 1.85. The lowest BCUT2D eigenvalue weighted by atomic mass is 10.1. The smallest absolute Gasteiger partial charge is 0.251 e. The van der Waals surface area contributed by atoms with Gasteiger partial charge in [-0.25, -0.2) is 4.39 Å². The van der Waals surface area contributed by atoms with E-state index < -0.39 is 0 Å². The summed E-state index contributed by atoms with van der Waals surface area (Å²) in [6.45, 7) is 1.78. The molecule has 1 aliphatic rings. The van der Waals surface area contributed by atoms with E-state index in [1.165, 1.54) is 12.1 Å². The molecule has 0 atom stereocenters. The van der Waals surface area contributed by atoms with Crippen LogP contribution < -0.4 is 5.32 Å². The number of benzene rings is 1. The van der Waals surface area contributed by atoms with Gasteiger partial charge in [0.15, 0.2) is 0 Å². The normalized spacial score (nSPS) is 14.8. The number of hydrogen-bond donors (Lipinski definition) is 1. The molecule has 1 aromatic carbocycles. The van der Waals surface area contributed by atoms with Crippen molar-refractivity contribution in [2.75, 3.05) is 5.32 Å². The van der Waals surface area contributed by atoms with Gasteiger partial charge < -0.3 is 5.32 Å². The minimum atomic E-state index is -0.282. The first-order chi connectivity index (χ1) is 7.66. The van der Waals surface area contributed by atoms with Gasteiger partial charge in [-0.3, -0.25) is 4.79 Å². The Morgan fingerprint density at radius 2 is 2.25 bits per heavy atom. The van der Waals surface area contributed by atoms with E-state index >= 15 is 0 Å². The number of hydrogen-bond acceptors (Lipinski definition) is 1. The molecule has 0 spiro atoms. The third-order valence-corrected chi connectivity index (χ3v) is 2.77. The molecule has 1 aromatic rings. The van der Waals surface area contributed by atoms with Crippen LogP contribution in [0.2, 0.25) is 0 Å². The molecule has 0 unspecified atom stereocenters. The van der Waals surface area contributed by atoms with Crippen LogP contribution in [-0.4, -0.2) is 5.91 Å². The van der Waals surface area contributed by atoms with Crippen molar-refractivity contribution >= 4 is 11.6 Å². The van der Waals surface area contributed by atoms with Gasteiger partial charge in [0, 0.05) is 11.3 Å². The first kappa shape index (κ1) is 10.9. The molecule has 0 fully saturated rings. The van der Waals surface area contributed by atoms with Crippen molar-refractivity contribution in [2.45, 2.75) is 26.2 Å². The minimum absolute atomic E-state index is 0.0628. The monoisotopic (exact) mass is 219 g/mol. The van der Waals surface area contributed by atoms with Crippen LogP contribution in [-0.2, 0) is 4.79 Å². The summed E-state index contributed by atoms with van der Waals surface area (Å²) in [7, 11) is 0. The first-order valence-electron chi connectivity index (χ1n) is 5.43. The van der Waals surface area contributed by atoms with Gasteiger partial charge in [-0.2, -0.15) is 0 Å². The molecule has 84 valence electrons. The maximum Gasteiger partial charge on any atom is 0.251 e. The summed E-state index contributed by atoms with van der Waals surface area (Å²) in [5.41, 5.74) is 2.26. The maximum atomic E-state index is 12.9. The second-order valence-electron chi connectivity index (χ2n) is 4.03. The van der Waals surface area contributed by atoms with E-state index in [-0.39, 0.29) is 11.7 Å². The predicted molar refractivity (Wildman–Crippen MR) is 61.7 cm³/mol. The zero-order chi connectivity index (χ0) is 11.5. The fourth-order valence-corrected chi connectivity index (χ4v) is 1.85. The Morgan fingerprint density at radius 1 is 1.44 bits per heavy atom. The number of rotatable bonds is 2. The summed E-state index contributed by atoms with van der Waals surface area (Å²) < 4.78 is 12.9. The van der Waals surface area contributed by atoms with E-state index in [2.05, 4.69) is 5.32 Å². The molecule has 1 aliphatic carbocycles. The molecule has 2 nitrogen and oxygen atoms in total. The maximum absolute atomic E-state index is 12.9. The zero-order valence-electron chi connectivity index (χ0n) is 9.22. The third kappa shape index (κ3) is 2.30. The highest BCUT2D eigenvalue weighted by Crippen LogP contribution is 2.21. The number of anilines is 1. The van der Waals surface area contributed by atoms with E-state index in [1.807, 2.05) is 6.08 Å². The van der Waals surface area contributed by atoms with Gasteiger partial charge in [0.25, 0.3) is 5.91 Å². The summed E-state index contributed by atoms with van der Waals surface area (Å²) in [5.74, 6) is -0.345. The van der Waals surface area contributed by atoms with Gasteiger partial charge in [0.05, 0.1) is 0 Å². The van der Waals surface area contributed by atoms with Gasteiger partial charge in [-0.15, -0.1) is 0 Å². The van der Waals surface area contributed by atoms with Crippen molar-refractivity contribution in [3.05, 3.63) is 41.2 Å². The molecule has 3 heteroatoms. The summed E-state index contributed by atoms with van der Waals surface area (Å²) >= 11 is 0. The Kier molecular flexibility index (Phi) is 3.04. The molecule has 0 bridgehead atoms. The number of carbonyl (C=O) groups is 1. The molecule has 16 heavy (non-hydrogen) atoms. The van der Waals surface area contributed by atoms with E-state index in [1.54, 1.807) is 13.0 Å². The van der Waals surface area contributed by atoms with Crippen molar-refractivity contribution in [3.63, 3.8) is 0 Å². The van der Waals surface area contributed by atoms with Crippen molar-refractivity contribution in [1.82, 2.24) is 0 Å². The summed E-state index contributed by atoms with van der Waals surface area (Å²) in [6, 6.07) is 4.36. The van der Waals surface area contributed by atoms with Crippen molar-refractivity contribution in [1.29, 1.82) is 0 Å². The predicted octanol–water partition coefficient (Wildman–Crippen LogP) is 3.18.